The number of carbonyl (C=O) groups is 1. The third-order valence-electron chi connectivity index (χ3n) is 5.06. The van der Waals surface area contributed by atoms with E-state index in [1.54, 1.807) is 19.1 Å². The van der Waals surface area contributed by atoms with Gasteiger partial charge in [-0.1, -0.05) is 0 Å². The van der Waals surface area contributed by atoms with Gasteiger partial charge in [0.05, 0.1) is 23.6 Å². The standard InChI is InChI=1S/C21H23FN4O2/c1-13(23)21(27)24-12-20-25-18-10-9-17(28-16-7-5-14(22)6-8-16)11-19(18)26(20)15-3-2-4-15/h5-11,13,15H,2-4,12,23H2,1H3,(H,24,27)/t13-/m0/s1. The Hall–Kier alpha value is -2.93. The lowest BCUT2D eigenvalue weighted by molar-refractivity contribution is -0.122. The zero-order valence-electron chi connectivity index (χ0n) is 15.7. The highest BCUT2D eigenvalue weighted by molar-refractivity contribution is 5.81. The van der Waals surface area contributed by atoms with Crippen LogP contribution in [0, 0.1) is 5.82 Å². The van der Waals surface area contributed by atoms with Gasteiger partial charge >= 0.3 is 0 Å². The average Bonchev–Trinajstić information content (AvgIpc) is 2.98. The Morgan fingerprint density at radius 1 is 1.29 bits per heavy atom. The van der Waals surface area contributed by atoms with E-state index in [0.717, 1.165) is 29.7 Å². The first-order valence-corrected chi connectivity index (χ1v) is 9.49. The Labute approximate surface area is 162 Å². The van der Waals surface area contributed by atoms with Gasteiger partial charge in [-0.15, -0.1) is 0 Å². The van der Waals surface area contributed by atoms with Crippen molar-refractivity contribution in [3.8, 4) is 11.5 Å². The number of hydrogen-bond donors (Lipinski definition) is 2. The van der Waals surface area contributed by atoms with Crippen molar-refractivity contribution in [1.82, 2.24) is 14.9 Å². The second-order valence-corrected chi connectivity index (χ2v) is 7.20. The first kappa shape index (κ1) is 18.4. The highest BCUT2D eigenvalue weighted by atomic mass is 19.1. The monoisotopic (exact) mass is 382 g/mol. The molecule has 7 heteroatoms. The van der Waals surface area contributed by atoms with E-state index in [1.165, 1.54) is 18.6 Å². The summed E-state index contributed by atoms with van der Waals surface area (Å²) >= 11 is 0. The largest absolute Gasteiger partial charge is 0.457 e. The Kier molecular flexibility index (Phi) is 5.00. The lowest BCUT2D eigenvalue weighted by atomic mass is 9.92. The van der Waals surface area contributed by atoms with Crippen molar-refractivity contribution in [2.24, 2.45) is 5.73 Å². The van der Waals surface area contributed by atoms with Gasteiger partial charge in [-0.2, -0.15) is 0 Å². The molecule has 146 valence electrons. The highest BCUT2D eigenvalue weighted by Crippen LogP contribution is 2.37. The zero-order valence-corrected chi connectivity index (χ0v) is 15.7. The first-order valence-electron chi connectivity index (χ1n) is 9.49. The molecule has 1 amide bonds. The lowest BCUT2D eigenvalue weighted by Crippen LogP contribution is -2.38. The lowest BCUT2D eigenvalue weighted by Gasteiger charge is -2.29. The summed E-state index contributed by atoms with van der Waals surface area (Å²) in [6, 6.07) is 11.4. The van der Waals surface area contributed by atoms with Crippen molar-refractivity contribution < 1.29 is 13.9 Å². The maximum absolute atomic E-state index is 13.1. The zero-order chi connectivity index (χ0) is 19.7. The van der Waals surface area contributed by atoms with Gasteiger partial charge in [-0.05, 0) is 62.6 Å². The molecule has 3 aromatic rings. The molecule has 1 fully saturated rings. The normalized spacial score (nSPS) is 15.2. The second-order valence-electron chi connectivity index (χ2n) is 7.20. The molecule has 28 heavy (non-hydrogen) atoms. The molecule has 1 saturated carbocycles. The number of ether oxygens (including phenoxy) is 1. The van der Waals surface area contributed by atoms with E-state index in [9.17, 15) is 9.18 Å². The van der Waals surface area contributed by atoms with Crippen LogP contribution in [0.3, 0.4) is 0 Å². The predicted octanol–water partition coefficient (Wildman–Crippen LogP) is 3.66. The summed E-state index contributed by atoms with van der Waals surface area (Å²) in [4.78, 5) is 16.6. The maximum atomic E-state index is 13.1. The number of fused-ring (bicyclic) bond motifs is 1. The fourth-order valence-electron chi connectivity index (χ4n) is 3.33. The summed E-state index contributed by atoms with van der Waals surface area (Å²) in [6.45, 7) is 1.99. The molecule has 3 N–H and O–H groups in total. The van der Waals surface area contributed by atoms with E-state index in [1.807, 2.05) is 18.2 Å². The topological polar surface area (TPSA) is 82.2 Å². The molecule has 1 atom stereocenters. The Balaban J connectivity index is 1.64. The number of nitrogens with zero attached hydrogens (tertiary/aromatic N) is 2. The van der Waals surface area contributed by atoms with Gasteiger partial charge in [0.1, 0.15) is 23.1 Å². The molecule has 1 aromatic heterocycles. The summed E-state index contributed by atoms with van der Waals surface area (Å²) in [7, 11) is 0. The average molecular weight is 382 g/mol. The van der Waals surface area contributed by atoms with E-state index in [0.29, 0.717) is 24.1 Å². The Morgan fingerprint density at radius 3 is 2.64 bits per heavy atom. The van der Waals surface area contributed by atoms with Gasteiger partial charge < -0.3 is 20.4 Å². The van der Waals surface area contributed by atoms with Crippen LogP contribution in [0.15, 0.2) is 42.5 Å². The van der Waals surface area contributed by atoms with Crippen molar-refractivity contribution in [2.75, 3.05) is 0 Å². The fraction of sp³-hybridized carbons (Fsp3) is 0.333. The third-order valence-corrected chi connectivity index (χ3v) is 5.06. The van der Waals surface area contributed by atoms with Gasteiger partial charge in [-0.25, -0.2) is 9.37 Å². The molecule has 0 unspecified atom stereocenters. The predicted molar refractivity (Wildman–Crippen MR) is 105 cm³/mol. The molecular weight excluding hydrogens is 359 g/mol. The molecule has 0 radical (unpaired) electrons. The summed E-state index contributed by atoms with van der Waals surface area (Å²) in [5.41, 5.74) is 7.45. The summed E-state index contributed by atoms with van der Waals surface area (Å²) in [5.74, 6) is 1.54. The minimum Gasteiger partial charge on any atom is -0.457 e. The molecule has 0 aliphatic heterocycles. The summed E-state index contributed by atoms with van der Waals surface area (Å²) < 4.78 is 21.2. The molecular formula is C21H23FN4O2. The molecule has 6 nitrogen and oxygen atoms in total. The minimum absolute atomic E-state index is 0.201. The van der Waals surface area contributed by atoms with Crippen LogP contribution in [-0.4, -0.2) is 21.5 Å². The van der Waals surface area contributed by atoms with Crippen LogP contribution in [0.4, 0.5) is 4.39 Å². The first-order chi connectivity index (χ1) is 13.5. The molecule has 1 heterocycles. The van der Waals surface area contributed by atoms with Gasteiger partial charge in [0.2, 0.25) is 5.91 Å². The van der Waals surface area contributed by atoms with Crippen molar-refractivity contribution in [2.45, 2.75) is 44.8 Å². The van der Waals surface area contributed by atoms with E-state index in [2.05, 4.69) is 9.88 Å². The van der Waals surface area contributed by atoms with Gasteiger partial charge in [0.15, 0.2) is 0 Å². The van der Waals surface area contributed by atoms with Gasteiger partial charge in [-0.3, -0.25) is 4.79 Å². The number of rotatable bonds is 6. The van der Waals surface area contributed by atoms with Crippen LogP contribution >= 0.6 is 0 Å². The number of hydrogen-bond acceptors (Lipinski definition) is 4. The number of carbonyl (C=O) groups excluding carboxylic acids is 1. The van der Waals surface area contributed by atoms with Crippen molar-refractivity contribution in [1.29, 1.82) is 0 Å². The third kappa shape index (κ3) is 3.71. The van der Waals surface area contributed by atoms with Crippen LogP contribution in [0.5, 0.6) is 11.5 Å². The Bertz CT molecular complexity index is 994. The van der Waals surface area contributed by atoms with E-state index in [4.69, 9.17) is 15.5 Å². The number of nitrogens with two attached hydrogens (primary N) is 1. The van der Waals surface area contributed by atoms with Crippen LogP contribution < -0.4 is 15.8 Å². The summed E-state index contributed by atoms with van der Waals surface area (Å²) in [6.07, 6.45) is 3.35. The molecule has 1 aliphatic carbocycles. The van der Waals surface area contributed by atoms with E-state index in [-0.39, 0.29) is 11.7 Å². The number of imidazole rings is 1. The van der Waals surface area contributed by atoms with Crippen LogP contribution in [-0.2, 0) is 11.3 Å². The summed E-state index contributed by atoms with van der Waals surface area (Å²) in [5, 5.41) is 2.85. The molecule has 0 spiro atoms. The van der Waals surface area contributed by atoms with Crippen LogP contribution in [0.1, 0.15) is 38.1 Å². The van der Waals surface area contributed by atoms with E-state index < -0.39 is 6.04 Å². The number of halogens is 1. The van der Waals surface area contributed by atoms with E-state index >= 15 is 0 Å². The maximum Gasteiger partial charge on any atom is 0.237 e. The molecule has 1 aliphatic rings. The quantitative estimate of drug-likeness (QED) is 0.682. The van der Waals surface area contributed by atoms with Gasteiger partial charge in [0, 0.05) is 12.1 Å². The molecule has 4 rings (SSSR count). The van der Waals surface area contributed by atoms with Gasteiger partial charge in [0.25, 0.3) is 0 Å². The molecule has 0 saturated heterocycles. The Morgan fingerprint density at radius 2 is 2.00 bits per heavy atom. The second kappa shape index (κ2) is 7.59. The van der Waals surface area contributed by atoms with Crippen LogP contribution in [0.25, 0.3) is 11.0 Å². The highest BCUT2D eigenvalue weighted by Gasteiger charge is 2.25. The minimum atomic E-state index is -0.558. The SMILES string of the molecule is C[C@H](N)C(=O)NCc1nc2ccc(Oc3ccc(F)cc3)cc2n1C1CCC1. The number of amides is 1. The van der Waals surface area contributed by atoms with Crippen molar-refractivity contribution in [3.05, 3.63) is 54.1 Å². The number of aromatic nitrogens is 2. The van der Waals surface area contributed by atoms with Crippen molar-refractivity contribution in [3.63, 3.8) is 0 Å². The van der Waals surface area contributed by atoms with Crippen molar-refractivity contribution >= 4 is 16.9 Å². The fourth-order valence-corrected chi connectivity index (χ4v) is 3.33. The molecule has 0 bridgehead atoms. The molecule has 2 aromatic carbocycles. The number of nitrogens with one attached hydrogen (secondary N) is 1. The van der Waals surface area contributed by atoms with Crippen LogP contribution in [0.2, 0.25) is 0 Å². The number of benzene rings is 2. The smallest absolute Gasteiger partial charge is 0.237 e.